The van der Waals surface area contributed by atoms with Crippen molar-refractivity contribution in [1.29, 1.82) is 0 Å². The number of carbonyl (C=O) groups is 3. The van der Waals surface area contributed by atoms with E-state index in [1.165, 1.54) is 14.2 Å². The molecule has 0 fully saturated rings. The number of carbonyl (C=O) groups excluding carboxylic acids is 2. The average Bonchev–Trinajstić information content (AvgIpc) is 2.62. The number of ketones is 2. The first-order chi connectivity index (χ1) is 12.4. The minimum atomic E-state index is -0.804. The van der Waals surface area contributed by atoms with Gasteiger partial charge in [-0.1, -0.05) is 24.3 Å². The van der Waals surface area contributed by atoms with Gasteiger partial charge in [0, 0.05) is 24.0 Å². The second-order valence-corrected chi connectivity index (χ2v) is 6.07. The van der Waals surface area contributed by atoms with Crippen molar-refractivity contribution in [1.82, 2.24) is 0 Å². The van der Waals surface area contributed by atoms with Crippen molar-refractivity contribution in [3.8, 4) is 0 Å². The lowest BCUT2D eigenvalue weighted by Crippen LogP contribution is -2.26. The third kappa shape index (κ3) is 4.20. The molecule has 1 aromatic carbocycles. The third-order valence-electron chi connectivity index (χ3n) is 4.35. The Kier molecular flexibility index (Phi) is 6.33. The van der Waals surface area contributed by atoms with Crippen LogP contribution in [-0.2, 0) is 36.7 Å². The number of rotatable bonds is 8. The van der Waals surface area contributed by atoms with E-state index in [0.717, 1.165) is 11.1 Å². The van der Waals surface area contributed by atoms with E-state index in [9.17, 15) is 14.4 Å². The third-order valence-corrected chi connectivity index (χ3v) is 4.35. The molecule has 1 aromatic rings. The van der Waals surface area contributed by atoms with Crippen molar-refractivity contribution in [2.45, 2.75) is 32.6 Å². The Hall–Kier alpha value is -2.89. The summed E-state index contributed by atoms with van der Waals surface area (Å²) >= 11 is 0. The topological polar surface area (TPSA) is 89.9 Å². The van der Waals surface area contributed by atoms with Gasteiger partial charge in [0.15, 0.2) is 0 Å². The van der Waals surface area contributed by atoms with Crippen LogP contribution in [0.4, 0.5) is 0 Å². The highest BCUT2D eigenvalue weighted by atomic mass is 16.5. The number of aryl methyl sites for hydroxylation is 1. The molecular weight excluding hydrogens is 336 g/mol. The second-order valence-electron chi connectivity index (χ2n) is 6.07. The molecule has 1 aliphatic carbocycles. The largest absolute Gasteiger partial charge is 0.489 e. The molecule has 26 heavy (non-hydrogen) atoms. The van der Waals surface area contributed by atoms with Crippen molar-refractivity contribution < 1.29 is 29.0 Å². The summed E-state index contributed by atoms with van der Waals surface area (Å²) in [5.41, 5.74) is 2.68. The van der Waals surface area contributed by atoms with Gasteiger partial charge in [-0.3, -0.25) is 14.4 Å². The van der Waals surface area contributed by atoms with E-state index in [2.05, 4.69) is 0 Å². The Bertz CT molecular complexity index is 783. The van der Waals surface area contributed by atoms with Crippen molar-refractivity contribution >= 4 is 17.5 Å². The molecular formula is C20H22O6. The first kappa shape index (κ1) is 19.4. The van der Waals surface area contributed by atoms with Crippen LogP contribution in [0.25, 0.3) is 0 Å². The van der Waals surface area contributed by atoms with E-state index in [-0.39, 0.29) is 29.5 Å². The smallest absolute Gasteiger partial charge is 0.303 e. The molecule has 0 amide bonds. The van der Waals surface area contributed by atoms with Crippen molar-refractivity contribution in [3.63, 3.8) is 0 Å². The number of methoxy groups -OCH3 is 2. The van der Waals surface area contributed by atoms with E-state index < -0.39 is 5.97 Å². The average molecular weight is 358 g/mol. The molecule has 0 bridgehead atoms. The first-order valence-corrected chi connectivity index (χ1v) is 8.30. The van der Waals surface area contributed by atoms with Crippen LogP contribution in [0.2, 0.25) is 0 Å². The minimum Gasteiger partial charge on any atom is -0.489 e. The fourth-order valence-corrected chi connectivity index (χ4v) is 2.88. The van der Waals surface area contributed by atoms with Crippen molar-refractivity contribution in [2.24, 2.45) is 0 Å². The molecule has 0 unspecified atom stereocenters. The van der Waals surface area contributed by atoms with Crippen LogP contribution >= 0.6 is 0 Å². The summed E-state index contributed by atoms with van der Waals surface area (Å²) in [6, 6.07) is 7.60. The summed E-state index contributed by atoms with van der Waals surface area (Å²) in [6.45, 7) is 1.61. The van der Waals surface area contributed by atoms with E-state index in [1.807, 2.05) is 24.3 Å². The number of carboxylic acids is 1. The zero-order valence-electron chi connectivity index (χ0n) is 15.1. The minimum absolute atomic E-state index is 0.0625. The Morgan fingerprint density at radius 1 is 0.962 bits per heavy atom. The van der Waals surface area contributed by atoms with Crippen LogP contribution in [0, 0.1) is 0 Å². The number of Topliss-reactive ketones (excluding diaryl/α,β-unsaturated/α-hetero) is 2. The molecule has 6 nitrogen and oxygen atoms in total. The number of benzene rings is 1. The molecule has 0 saturated carbocycles. The first-order valence-electron chi connectivity index (χ1n) is 8.30. The molecule has 0 heterocycles. The summed E-state index contributed by atoms with van der Waals surface area (Å²) in [7, 11) is 2.67. The molecule has 6 heteroatoms. The molecule has 0 saturated heterocycles. The van der Waals surface area contributed by atoms with Gasteiger partial charge in [0.2, 0.25) is 23.1 Å². The van der Waals surface area contributed by atoms with E-state index in [0.29, 0.717) is 30.4 Å². The molecule has 0 atom stereocenters. The van der Waals surface area contributed by atoms with Gasteiger partial charge in [0.1, 0.15) is 0 Å². The second kappa shape index (κ2) is 8.47. The quantitative estimate of drug-likeness (QED) is 0.719. The number of carboxylic acid groups (broad SMARTS) is 1. The molecule has 1 N–H and O–H groups in total. The van der Waals surface area contributed by atoms with Gasteiger partial charge in [-0.15, -0.1) is 0 Å². The van der Waals surface area contributed by atoms with Crippen molar-refractivity contribution in [3.05, 3.63) is 58.1 Å². The molecule has 1 aliphatic rings. The molecule has 2 rings (SSSR count). The van der Waals surface area contributed by atoms with Gasteiger partial charge in [0.25, 0.3) is 0 Å². The number of aliphatic carboxylic acids is 1. The highest BCUT2D eigenvalue weighted by Gasteiger charge is 2.34. The van der Waals surface area contributed by atoms with Crippen LogP contribution in [-0.4, -0.2) is 36.9 Å². The van der Waals surface area contributed by atoms with Gasteiger partial charge in [0.05, 0.1) is 14.2 Å². The number of ether oxygens (including phenoxy) is 2. The molecule has 0 radical (unpaired) electrons. The summed E-state index contributed by atoms with van der Waals surface area (Å²) in [5.74, 6) is -1.62. The summed E-state index contributed by atoms with van der Waals surface area (Å²) in [6.07, 6.45) is 1.71. The van der Waals surface area contributed by atoms with Gasteiger partial charge in [-0.05, 0) is 30.9 Å². The highest BCUT2D eigenvalue weighted by Crippen LogP contribution is 2.28. The number of allylic oxidation sites excluding steroid dienone is 2. The maximum atomic E-state index is 12.6. The van der Waals surface area contributed by atoms with Crippen LogP contribution in [0.5, 0.6) is 0 Å². The fraction of sp³-hybridized carbons (Fsp3) is 0.350. The van der Waals surface area contributed by atoms with E-state index in [1.54, 1.807) is 6.92 Å². The summed E-state index contributed by atoms with van der Waals surface area (Å²) < 4.78 is 10.1. The Morgan fingerprint density at radius 3 is 2.04 bits per heavy atom. The van der Waals surface area contributed by atoms with Crippen LogP contribution in [0.3, 0.4) is 0 Å². The SMILES string of the molecule is COC1=C(OC)C(=O)C(Cc2ccc(CCCC(=O)O)cc2)=C(C)C1=O. The fourth-order valence-electron chi connectivity index (χ4n) is 2.88. The summed E-state index contributed by atoms with van der Waals surface area (Å²) in [5, 5.41) is 8.68. The lowest BCUT2D eigenvalue weighted by molar-refractivity contribution is -0.137. The van der Waals surface area contributed by atoms with Gasteiger partial charge in [-0.2, -0.15) is 0 Å². The zero-order valence-corrected chi connectivity index (χ0v) is 15.1. The lowest BCUT2D eigenvalue weighted by atomic mass is 9.88. The van der Waals surface area contributed by atoms with Gasteiger partial charge in [-0.25, -0.2) is 0 Å². The Morgan fingerprint density at radius 2 is 1.50 bits per heavy atom. The van der Waals surface area contributed by atoms with Crippen LogP contribution in [0.1, 0.15) is 30.9 Å². The maximum absolute atomic E-state index is 12.6. The van der Waals surface area contributed by atoms with E-state index in [4.69, 9.17) is 14.6 Å². The lowest BCUT2D eigenvalue weighted by Gasteiger charge is -2.20. The maximum Gasteiger partial charge on any atom is 0.303 e. The predicted molar refractivity (Wildman–Crippen MR) is 94.5 cm³/mol. The Labute approximate surface area is 152 Å². The molecule has 0 spiro atoms. The predicted octanol–water partition coefficient (Wildman–Crippen LogP) is 2.61. The van der Waals surface area contributed by atoms with Crippen LogP contribution < -0.4 is 0 Å². The van der Waals surface area contributed by atoms with Gasteiger partial charge >= 0.3 is 5.97 Å². The monoisotopic (exact) mass is 358 g/mol. The molecule has 138 valence electrons. The molecule has 0 aliphatic heterocycles. The van der Waals surface area contributed by atoms with Crippen molar-refractivity contribution in [2.75, 3.05) is 14.2 Å². The Balaban J connectivity index is 2.15. The van der Waals surface area contributed by atoms with Gasteiger partial charge < -0.3 is 14.6 Å². The number of hydrogen-bond donors (Lipinski definition) is 1. The number of hydrogen-bond acceptors (Lipinski definition) is 5. The normalized spacial score (nSPS) is 14.7. The molecule has 0 aromatic heterocycles. The standard InChI is InChI=1S/C20H22O6/c1-12-15(18(24)20(26-3)19(25-2)17(12)23)11-14-9-7-13(8-10-14)5-4-6-16(21)22/h7-10H,4-6,11H2,1-3H3,(H,21,22). The zero-order chi connectivity index (χ0) is 19.3. The van der Waals surface area contributed by atoms with Crippen LogP contribution in [0.15, 0.2) is 46.9 Å². The van der Waals surface area contributed by atoms with E-state index >= 15 is 0 Å². The highest BCUT2D eigenvalue weighted by molar-refractivity contribution is 6.23. The summed E-state index contributed by atoms with van der Waals surface area (Å²) in [4.78, 5) is 35.6.